The Morgan fingerprint density at radius 3 is 2.60 bits per heavy atom. The van der Waals surface area contributed by atoms with Crippen molar-refractivity contribution in [2.45, 2.75) is 20.3 Å². The maximum atomic E-state index is 11.9. The third-order valence-electron chi connectivity index (χ3n) is 3.18. The number of carbonyl (C=O) groups is 1. The van der Waals surface area contributed by atoms with Crippen LogP contribution in [0.1, 0.15) is 30.6 Å². The van der Waals surface area contributed by atoms with Crippen molar-refractivity contribution in [1.82, 2.24) is 4.90 Å². The maximum absolute atomic E-state index is 11.9. The van der Waals surface area contributed by atoms with Crippen LogP contribution in [0.25, 0.3) is 0 Å². The first-order valence-corrected chi connectivity index (χ1v) is 6.60. The Morgan fingerprint density at radius 2 is 2.10 bits per heavy atom. The van der Waals surface area contributed by atoms with E-state index in [0.717, 1.165) is 6.42 Å². The Hall–Kier alpha value is -2.11. The van der Waals surface area contributed by atoms with Gasteiger partial charge < -0.3 is 10.2 Å². The zero-order chi connectivity index (χ0) is 15.3. The molecule has 20 heavy (non-hydrogen) atoms. The van der Waals surface area contributed by atoms with Gasteiger partial charge >= 0.3 is 0 Å². The number of nitrogens with one attached hydrogen (secondary N) is 1. The second-order valence-corrected chi connectivity index (χ2v) is 5.08. The molecule has 110 valence electrons. The summed E-state index contributed by atoms with van der Waals surface area (Å²) in [5.74, 6) is 0.231. The molecular weight excluding hydrogens is 258 g/mol. The van der Waals surface area contributed by atoms with Gasteiger partial charge in [0.15, 0.2) is 0 Å². The molecule has 1 aromatic carbocycles. The highest BCUT2D eigenvalue weighted by Gasteiger charge is 2.17. The Bertz CT molecular complexity index is 500. The van der Waals surface area contributed by atoms with Crippen molar-refractivity contribution in [1.29, 1.82) is 0 Å². The molecule has 0 aromatic heterocycles. The number of hydrogen-bond acceptors (Lipinski definition) is 4. The van der Waals surface area contributed by atoms with E-state index in [4.69, 9.17) is 0 Å². The molecule has 0 bridgehead atoms. The van der Waals surface area contributed by atoms with Crippen LogP contribution in [0, 0.1) is 16.0 Å². The summed E-state index contributed by atoms with van der Waals surface area (Å²) in [6.07, 6.45) is 0.983. The molecule has 1 rings (SSSR count). The van der Waals surface area contributed by atoms with E-state index in [-0.39, 0.29) is 11.6 Å². The van der Waals surface area contributed by atoms with Gasteiger partial charge in [0.25, 0.3) is 11.6 Å². The maximum Gasteiger partial charge on any atom is 0.292 e. The summed E-state index contributed by atoms with van der Waals surface area (Å²) in [6.45, 7) is 4.76. The normalized spacial score (nSPS) is 11.8. The van der Waals surface area contributed by atoms with Crippen molar-refractivity contribution in [3.63, 3.8) is 0 Å². The fourth-order valence-corrected chi connectivity index (χ4v) is 1.66. The molecule has 6 heteroatoms. The second kappa shape index (κ2) is 6.88. The van der Waals surface area contributed by atoms with E-state index in [1.54, 1.807) is 20.2 Å². The third-order valence-corrected chi connectivity index (χ3v) is 3.18. The SMILES string of the molecule is CCC(C)CNc1cc(C(=O)N(C)C)ccc1[N+](=O)[O-]. The van der Waals surface area contributed by atoms with Crippen LogP contribution in [-0.2, 0) is 0 Å². The number of carbonyl (C=O) groups excluding carboxylic acids is 1. The Kier molecular flexibility index (Phi) is 5.49. The van der Waals surface area contributed by atoms with Gasteiger partial charge in [-0.05, 0) is 18.1 Å². The van der Waals surface area contributed by atoms with Gasteiger partial charge in [-0.2, -0.15) is 0 Å². The van der Waals surface area contributed by atoms with Gasteiger partial charge in [-0.1, -0.05) is 20.3 Å². The highest BCUT2D eigenvalue weighted by Crippen LogP contribution is 2.26. The van der Waals surface area contributed by atoms with Crippen molar-refractivity contribution in [2.24, 2.45) is 5.92 Å². The molecule has 0 aliphatic heterocycles. The fraction of sp³-hybridized carbons (Fsp3) is 0.500. The average Bonchev–Trinajstić information content (AvgIpc) is 2.43. The van der Waals surface area contributed by atoms with Gasteiger partial charge in [0.2, 0.25) is 0 Å². The minimum atomic E-state index is -0.442. The van der Waals surface area contributed by atoms with Crippen LogP contribution in [-0.4, -0.2) is 36.4 Å². The average molecular weight is 279 g/mol. The lowest BCUT2D eigenvalue weighted by molar-refractivity contribution is -0.384. The number of hydrogen-bond donors (Lipinski definition) is 1. The van der Waals surface area contributed by atoms with E-state index in [1.807, 2.05) is 0 Å². The Labute approximate surface area is 118 Å². The zero-order valence-electron chi connectivity index (χ0n) is 12.3. The number of nitro benzene ring substituents is 1. The van der Waals surface area contributed by atoms with Crippen molar-refractivity contribution in [3.8, 4) is 0 Å². The molecule has 0 saturated carbocycles. The molecule has 1 aromatic rings. The first kappa shape index (κ1) is 15.9. The van der Waals surface area contributed by atoms with Crippen LogP contribution in [0.2, 0.25) is 0 Å². The van der Waals surface area contributed by atoms with Gasteiger partial charge in [0.1, 0.15) is 5.69 Å². The van der Waals surface area contributed by atoms with Crippen LogP contribution in [0.4, 0.5) is 11.4 Å². The molecule has 1 amide bonds. The third kappa shape index (κ3) is 3.94. The fourth-order valence-electron chi connectivity index (χ4n) is 1.66. The Morgan fingerprint density at radius 1 is 1.45 bits per heavy atom. The number of nitrogens with zero attached hydrogens (tertiary/aromatic N) is 2. The van der Waals surface area contributed by atoms with E-state index in [2.05, 4.69) is 19.2 Å². The quantitative estimate of drug-likeness (QED) is 0.641. The molecule has 0 saturated heterocycles. The summed E-state index contributed by atoms with van der Waals surface area (Å²) in [5, 5.41) is 14.1. The van der Waals surface area contributed by atoms with Gasteiger partial charge in [-0.3, -0.25) is 14.9 Å². The second-order valence-electron chi connectivity index (χ2n) is 5.08. The molecule has 0 fully saturated rings. The highest BCUT2D eigenvalue weighted by molar-refractivity contribution is 5.95. The smallest absolute Gasteiger partial charge is 0.292 e. The number of nitro groups is 1. The minimum Gasteiger partial charge on any atom is -0.379 e. The summed E-state index contributed by atoms with van der Waals surface area (Å²) in [6, 6.07) is 4.40. The molecule has 1 atom stereocenters. The number of rotatable bonds is 6. The summed E-state index contributed by atoms with van der Waals surface area (Å²) >= 11 is 0. The predicted molar refractivity (Wildman–Crippen MR) is 79.1 cm³/mol. The lowest BCUT2D eigenvalue weighted by Gasteiger charge is -2.14. The number of benzene rings is 1. The molecular formula is C14H21N3O3. The molecule has 0 spiro atoms. The van der Waals surface area contributed by atoms with Crippen LogP contribution >= 0.6 is 0 Å². The van der Waals surface area contributed by atoms with Crippen LogP contribution in [0.5, 0.6) is 0 Å². The standard InChI is InChI=1S/C14H21N3O3/c1-5-10(2)9-15-12-8-11(14(18)16(3)4)6-7-13(12)17(19)20/h6-8,10,15H,5,9H2,1-4H3. The monoisotopic (exact) mass is 279 g/mol. The van der Waals surface area contributed by atoms with E-state index in [1.165, 1.54) is 17.0 Å². The molecule has 0 radical (unpaired) electrons. The van der Waals surface area contributed by atoms with E-state index < -0.39 is 4.92 Å². The molecule has 1 unspecified atom stereocenters. The van der Waals surface area contributed by atoms with Crippen molar-refractivity contribution < 1.29 is 9.72 Å². The molecule has 0 aliphatic rings. The van der Waals surface area contributed by atoms with Gasteiger partial charge in [0.05, 0.1) is 4.92 Å². The van der Waals surface area contributed by atoms with E-state index in [9.17, 15) is 14.9 Å². The Balaban J connectivity index is 3.06. The molecule has 0 aliphatic carbocycles. The van der Waals surface area contributed by atoms with Gasteiger partial charge in [-0.15, -0.1) is 0 Å². The van der Waals surface area contributed by atoms with Gasteiger partial charge in [0, 0.05) is 32.3 Å². The summed E-state index contributed by atoms with van der Waals surface area (Å²) in [5.41, 5.74) is 0.818. The van der Waals surface area contributed by atoms with Gasteiger partial charge in [-0.25, -0.2) is 0 Å². The molecule has 6 nitrogen and oxygen atoms in total. The minimum absolute atomic E-state index is 0.0105. The van der Waals surface area contributed by atoms with Crippen molar-refractivity contribution in [2.75, 3.05) is 26.0 Å². The molecule has 1 N–H and O–H groups in total. The van der Waals surface area contributed by atoms with Crippen LogP contribution in [0.15, 0.2) is 18.2 Å². The first-order valence-electron chi connectivity index (χ1n) is 6.60. The predicted octanol–water partition coefficient (Wildman–Crippen LogP) is 2.75. The zero-order valence-corrected chi connectivity index (χ0v) is 12.3. The van der Waals surface area contributed by atoms with Crippen LogP contribution in [0.3, 0.4) is 0 Å². The first-order chi connectivity index (χ1) is 9.36. The lowest BCUT2D eigenvalue weighted by atomic mass is 10.1. The number of amides is 1. The number of anilines is 1. The largest absolute Gasteiger partial charge is 0.379 e. The highest BCUT2D eigenvalue weighted by atomic mass is 16.6. The van der Waals surface area contributed by atoms with E-state index in [0.29, 0.717) is 23.7 Å². The van der Waals surface area contributed by atoms with E-state index >= 15 is 0 Å². The lowest BCUT2D eigenvalue weighted by Crippen LogP contribution is -2.22. The van der Waals surface area contributed by atoms with Crippen LogP contribution < -0.4 is 5.32 Å². The summed E-state index contributed by atoms with van der Waals surface area (Å²) in [4.78, 5) is 23.9. The summed E-state index contributed by atoms with van der Waals surface area (Å²) < 4.78 is 0. The topological polar surface area (TPSA) is 75.5 Å². The van der Waals surface area contributed by atoms with Crippen molar-refractivity contribution >= 4 is 17.3 Å². The summed E-state index contributed by atoms with van der Waals surface area (Å²) in [7, 11) is 3.30. The van der Waals surface area contributed by atoms with Crippen molar-refractivity contribution in [3.05, 3.63) is 33.9 Å². The molecule has 0 heterocycles.